The Hall–Kier alpha value is -3.54. The van der Waals surface area contributed by atoms with Crippen molar-refractivity contribution in [2.75, 3.05) is 7.11 Å². The van der Waals surface area contributed by atoms with Crippen molar-refractivity contribution in [1.82, 2.24) is 19.9 Å². The first-order chi connectivity index (χ1) is 16.2. The number of pyridine rings is 2. The highest BCUT2D eigenvalue weighted by Gasteiger charge is 2.32. The molecule has 0 saturated heterocycles. The van der Waals surface area contributed by atoms with Gasteiger partial charge in [-0.05, 0) is 52.3 Å². The fourth-order valence-electron chi connectivity index (χ4n) is 3.00. The van der Waals surface area contributed by atoms with Gasteiger partial charge in [0.2, 0.25) is 5.95 Å². The number of aromatic amines is 1. The third-order valence-corrected chi connectivity index (χ3v) is 5.28. The molecule has 0 spiro atoms. The lowest BCUT2D eigenvalue weighted by Crippen LogP contribution is -2.09. The summed E-state index contributed by atoms with van der Waals surface area (Å²) < 4.78 is 76.6. The van der Waals surface area contributed by atoms with E-state index >= 15 is 0 Å². The topological polar surface area (TPSA) is 72.9 Å². The molecule has 0 amide bonds. The normalized spacial score (nSPS) is 11.5. The molecule has 4 aromatic rings. The quantitative estimate of drug-likeness (QED) is 0.233. The van der Waals surface area contributed by atoms with Crippen LogP contribution in [0.25, 0.3) is 22.6 Å². The number of hydrogen-bond donors (Lipinski definition) is 1. The summed E-state index contributed by atoms with van der Waals surface area (Å²) in [6, 6.07) is 7.96. The fourth-order valence-corrected chi connectivity index (χ4v) is 3.51. The van der Waals surface area contributed by atoms with Gasteiger partial charge in [-0.2, -0.15) is 17.6 Å². The van der Waals surface area contributed by atoms with E-state index < -0.39 is 30.1 Å². The van der Waals surface area contributed by atoms with Gasteiger partial charge in [0.15, 0.2) is 11.5 Å². The van der Waals surface area contributed by atoms with Crippen LogP contribution in [0.15, 0.2) is 53.4 Å². The smallest absolute Gasteiger partial charge is 0.417 e. The second-order valence-corrected chi connectivity index (χ2v) is 7.72. The average molecular weight is 541 g/mol. The van der Waals surface area contributed by atoms with Crippen LogP contribution in [0.4, 0.5) is 22.0 Å². The first-order valence-electron chi connectivity index (χ1n) is 9.56. The molecule has 1 N–H and O–H groups in total. The van der Waals surface area contributed by atoms with E-state index in [0.717, 1.165) is 0 Å². The molecule has 0 aliphatic carbocycles. The molecule has 0 radical (unpaired) electrons. The minimum atomic E-state index is -4.69. The van der Waals surface area contributed by atoms with Crippen LogP contribution in [0.3, 0.4) is 0 Å². The fraction of sp³-hybridized carbons (Fsp3) is 0.136. The Balaban J connectivity index is 1.55. The van der Waals surface area contributed by atoms with Crippen molar-refractivity contribution >= 4 is 15.9 Å². The molecule has 6 nitrogen and oxygen atoms in total. The summed E-state index contributed by atoms with van der Waals surface area (Å²) in [5.74, 6) is -0.779. The first kappa shape index (κ1) is 23.6. The number of hydrogen-bond acceptors (Lipinski definition) is 5. The van der Waals surface area contributed by atoms with Crippen molar-refractivity contribution in [3.8, 4) is 34.1 Å². The summed E-state index contributed by atoms with van der Waals surface area (Å²) in [4.78, 5) is 14.7. The summed E-state index contributed by atoms with van der Waals surface area (Å²) >= 11 is 3.40. The SMILES string of the molecule is COc1cc(-c2nc(-c3ccc(F)nc3)[nH]c2Br)ccc1OCc1ncc(C(F)(F)F)cc1F. The number of nitrogens with zero attached hydrogens (tertiary/aromatic N) is 3. The zero-order chi connectivity index (χ0) is 24.5. The molecule has 0 unspecified atom stereocenters. The average Bonchev–Trinajstić information content (AvgIpc) is 3.19. The third kappa shape index (κ3) is 5.01. The maximum atomic E-state index is 14.0. The van der Waals surface area contributed by atoms with Crippen LogP contribution in [0, 0.1) is 11.8 Å². The second kappa shape index (κ2) is 9.37. The van der Waals surface area contributed by atoms with Gasteiger partial charge in [-0.3, -0.25) is 4.98 Å². The van der Waals surface area contributed by atoms with E-state index in [1.165, 1.54) is 25.4 Å². The first-order valence-corrected chi connectivity index (χ1v) is 10.3. The van der Waals surface area contributed by atoms with Crippen LogP contribution >= 0.6 is 15.9 Å². The Morgan fingerprint density at radius 1 is 0.971 bits per heavy atom. The Bertz CT molecular complexity index is 1330. The molecular weight excluding hydrogens is 527 g/mol. The number of halogens is 6. The van der Waals surface area contributed by atoms with Crippen molar-refractivity contribution in [1.29, 1.82) is 0 Å². The van der Waals surface area contributed by atoms with Gasteiger partial charge in [0.1, 0.15) is 34.2 Å². The van der Waals surface area contributed by atoms with Gasteiger partial charge in [0, 0.05) is 23.5 Å². The van der Waals surface area contributed by atoms with Crippen LogP contribution in [-0.2, 0) is 12.8 Å². The largest absolute Gasteiger partial charge is 0.493 e. The maximum Gasteiger partial charge on any atom is 0.417 e. The molecule has 0 aliphatic heterocycles. The van der Waals surface area contributed by atoms with Gasteiger partial charge >= 0.3 is 6.18 Å². The number of aromatic nitrogens is 4. The highest BCUT2D eigenvalue weighted by molar-refractivity contribution is 9.10. The summed E-state index contributed by atoms with van der Waals surface area (Å²) in [5.41, 5.74) is 0.265. The summed E-state index contributed by atoms with van der Waals surface area (Å²) in [6.07, 6.45) is -2.80. The van der Waals surface area contributed by atoms with E-state index in [4.69, 9.17) is 9.47 Å². The molecule has 3 heterocycles. The Morgan fingerprint density at radius 3 is 2.38 bits per heavy atom. The molecule has 0 atom stereocenters. The Labute approximate surface area is 197 Å². The van der Waals surface area contributed by atoms with Gasteiger partial charge in [-0.15, -0.1) is 0 Å². The van der Waals surface area contributed by atoms with Crippen molar-refractivity contribution in [3.63, 3.8) is 0 Å². The van der Waals surface area contributed by atoms with Gasteiger partial charge in [-0.1, -0.05) is 0 Å². The standard InChI is InChI=1S/C22H14BrF5N4O2/c1-33-17-6-11(19-20(23)32-21(31-19)12-3-5-18(25)30-8-12)2-4-16(17)34-10-15-14(24)7-13(9-29-15)22(26,27)28/h2-9H,10H2,1H3,(H,31,32). The van der Waals surface area contributed by atoms with E-state index in [2.05, 4.69) is 35.9 Å². The summed E-state index contributed by atoms with van der Waals surface area (Å²) in [7, 11) is 1.40. The lowest BCUT2D eigenvalue weighted by molar-refractivity contribution is -0.138. The third-order valence-electron chi connectivity index (χ3n) is 4.71. The zero-order valence-electron chi connectivity index (χ0n) is 17.3. The molecule has 1 aromatic carbocycles. The van der Waals surface area contributed by atoms with Crippen LogP contribution in [-0.4, -0.2) is 27.0 Å². The van der Waals surface area contributed by atoms with E-state index in [-0.39, 0.29) is 17.2 Å². The minimum Gasteiger partial charge on any atom is -0.493 e. The number of ether oxygens (including phenoxy) is 2. The van der Waals surface area contributed by atoms with Gasteiger partial charge in [0.25, 0.3) is 0 Å². The van der Waals surface area contributed by atoms with Crippen molar-refractivity contribution in [2.24, 2.45) is 0 Å². The molecule has 0 bridgehead atoms. The number of imidazole rings is 1. The molecule has 3 aromatic heterocycles. The molecule has 176 valence electrons. The number of benzene rings is 1. The lowest BCUT2D eigenvalue weighted by Gasteiger charge is -2.13. The highest BCUT2D eigenvalue weighted by Crippen LogP contribution is 2.36. The van der Waals surface area contributed by atoms with Crippen molar-refractivity contribution in [3.05, 3.63) is 76.4 Å². The predicted octanol–water partition coefficient (Wildman–Crippen LogP) is 6.18. The van der Waals surface area contributed by atoms with Crippen molar-refractivity contribution < 1.29 is 31.4 Å². The van der Waals surface area contributed by atoms with Crippen LogP contribution in [0.2, 0.25) is 0 Å². The van der Waals surface area contributed by atoms with Crippen molar-refractivity contribution in [2.45, 2.75) is 12.8 Å². The zero-order valence-corrected chi connectivity index (χ0v) is 18.8. The van der Waals surface area contributed by atoms with Gasteiger partial charge < -0.3 is 14.5 Å². The number of H-pyrrole nitrogens is 1. The maximum absolute atomic E-state index is 14.0. The van der Waals surface area contributed by atoms with E-state index in [1.54, 1.807) is 18.2 Å². The number of rotatable bonds is 6. The lowest BCUT2D eigenvalue weighted by atomic mass is 10.1. The predicted molar refractivity (Wildman–Crippen MR) is 115 cm³/mol. The monoisotopic (exact) mass is 540 g/mol. The molecule has 0 saturated carbocycles. The summed E-state index contributed by atoms with van der Waals surface area (Å²) in [6.45, 7) is -0.409. The Kier molecular flexibility index (Phi) is 6.51. The number of nitrogens with one attached hydrogen (secondary N) is 1. The van der Waals surface area contributed by atoms with Crippen LogP contribution in [0.5, 0.6) is 11.5 Å². The number of alkyl halides is 3. The van der Waals surface area contributed by atoms with Gasteiger partial charge in [0.05, 0.1) is 12.7 Å². The second-order valence-electron chi connectivity index (χ2n) is 6.92. The molecule has 0 aliphatic rings. The molecule has 12 heteroatoms. The van der Waals surface area contributed by atoms with E-state index in [9.17, 15) is 22.0 Å². The van der Waals surface area contributed by atoms with Crippen LogP contribution < -0.4 is 9.47 Å². The summed E-state index contributed by atoms with van der Waals surface area (Å²) in [5, 5.41) is 0. The van der Waals surface area contributed by atoms with E-state index in [0.29, 0.717) is 39.5 Å². The molecule has 4 rings (SSSR count). The van der Waals surface area contributed by atoms with Gasteiger partial charge in [-0.25, -0.2) is 14.4 Å². The van der Waals surface area contributed by atoms with E-state index in [1.807, 2.05) is 0 Å². The highest BCUT2D eigenvalue weighted by atomic mass is 79.9. The minimum absolute atomic E-state index is 0.224. The molecular formula is C22H14BrF5N4O2. The molecule has 34 heavy (non-hydrogen) atoms. The number of methoxy groups -OCH3 is 1. The van der Waals surface area contributed by atoms with Crippen LogP contribution in [0.1, 0.15) is 11.3 Å². The molecule has 0 fully saturated rings. The Morgan fingerprint density at radius 2 is 1.74 bits per heavy atom.